The molecule has 10 aromatic carbocycles. The van der Waals surface area contributed by atoms with Crippen LogP contribution in [0.15, 0.2) is 274 Å². The van der Waals surface area contributed by atoms with E-state index < -0.39 is 81.2 Å². The number of ether oxygens (including phenoxy) is 1. The number of sulfone groups is 2. The fourth-order valence-corrected chi connectivity index (χ4v) is 22.5. The molecule has 134 heavy (non-hydrogen) atoms. The minimum Gasteiger partial charge on any atom is -0.497 e. The SMILES string of the molecule is CCN(CCNC(=O)C(CS(=O)(=O)c1ccc2c(c1)CCC(=O)N2)c1ccccc1)c1ccccc1.COc1cccc(NC(=O)C(CS(=O)(=O)c2ccc3c(c2)CCC(=O)N3)c2ccccc2)c1.Cc1csc(NC(=O)C(Cc2ccccc2)NS(=O)(=O)c2ccc3c(c2)CCC(=O)N3)n1.O=C1CCc2cc(S(=O)(=O)NC(C(=O)NC3CCCCCCC3)c3ccccc3)ccc2N1. The number of carbonyl (C=O) groups is 8. The molecule has 4 atom stereocenters. The van der Waals surface area contributed by atoms with Crippen molar-refractivity contribution >= 4 is 138 Å². The zero-order valence-electron chi connectivity index (χ0n) is 74.4. The summed E-state index contributed by atoms with van der Waals surface area (Å²) in [7, 11) is -14.0. The first-order valence-electron chi connectivity index (χ1n) is 44.4. The molecule has 0 saturated heterocycles. The van der Waals surface area contributed by atoms with Gasteiger partial charge in [-0.05, 0) is 200 Å². The van der Waals surface area contributed by atoms with Crippen LogP contribution < -0.4 is 61.6 Å². The molecule has 1 aromatic heterocycles. The monoisotopic (exact) mass is 1910 g/mol. The average molecular weight is 1910 g/mol. The van der Waals surface area contributed by atoms with Crippen LogP contribution >= 0.6 is 11.3 Å². The van der Waals surface area contributed by atoms with Gasteiger partial charge in [-0.1, -0.05) is 178 Å². The molecule has 1 aliphatic carbocycles. The van der Waals surface area contributed by atoms with Crippen molar-refractivity contribution in [3.8, 4) is 5.75 Å². The largest absolute Gasteiger partial charge is 0.497 e. The Labute approximate surface area is 785 Å². The van der Waals surface area contributed by atoms with E-state index in [-0.39, 0.29) is 73.2 Å². The van der Waals surface area contributed by atoms with Crippen molar-refractivity contribution in [3.05, 3.63) is 304 Å². The van der Waals surface area contributed by atoms with E-state index in [0.29, 0.717) is 120 Å². The summed E-state index contributed by atoms with van der Waals surface area (Å²) in [6.45, 7) is 5.66. The molecule has 1 fully saturated rings. The van der Waals surface area contributed by atoms with Crippen LogP contribution in [-0.2, 0) is 110 Å². The molecule has 4 unspecified atom stereocenters. The molecule has 4 aliphatic heterocycles. The quantitative estimate of drug-likeness (QED) is 0.0200. The topological polar surface area (TPSA) is 419 Å². The van der Waals surface area contributed by atoms with Crippen molar-refractivity contribution in [2.75, 3.05) is 75.1 Å². The predicted octanol–water partition coefficient (Wildman–Crippen LogP) is 14.2. The summed E-state index contributed by atoms with van der Waals surface area (Å²) >= 11 is 1.28. The Bertz CT molecular complexity index is 6520. The number of sulfonamides is 2. The van der Waals surface area contributed by atoms with Gasteiger partial charge >= 0.3 is 0 Å². The van der Waals surface area contributed by atoms with Crippen LogP contribution in [0.5, 0.6) is 5.75 Å². The first-order chi connectivity index (χ1) is 64.4. The fraction of sp³-hybridized carbons (Fsp3) is 0.290. The standard InChI is InChI=1S/C28H31N3O4S.C25H31N3O4S.C25H24N2O5S.C22H22N4O4S2/c1-2-31(23-11-7-4-8-12-23)18-17-29-28(33)25(21-9-5-3-6-10-21)20-36(34,35)24-14-15-26-22(19-24)13-16-27(32)30-26;29-23-16-13-19-17-21(14-15-22(19)27-23)33(31,32)28-24(18-9-5-4-6-10-18)25(30)26-20-11-7-2-1-3-8-12-20;1-32-20-9-5-8-19(15-20)26-25(29)22(17-6-3-2-4-7-17)16-33(30,31)21-11-12-23-18(14-21)10-13-24(28)27-23;1-14-13-31-22(23-14)25-21(28)19(11-15-5-3-2-4-6-15)26-32(29,30)17-8-9-18-16(12-17)7-10-20(27)24-18/h3-12,14-15,19,25H,2,13,16-18,20H2,1H3,(H,29,33)(H,30,32);4-6,9-10,14-15,17,20,24,28H,1-3,7-8,11-13,16H2,(H,26,30)(H,27,29);2-9,11-12,14-15,22H,10,13,16H2,1H3,(H,26,29)(H,27,28);2-6,8-9,12-13,19,26H,7,10-11H2,1H3,(H,24,27)(H,23,25,28). The number of anilines is 7. The molecule has 0 spiro atoms. The highest BCUT2D eigenvalue weighted by Gasteiger charge is 2.35. The first-order valence-corrected chi connectivity index (χ1v) is 51.6. The third-order valence-electron chi connectivity index (χ3n) is 23.4. The summed E-state index contributed by atoms with van der Waals surface area (Å²) in [6.07, 6.45) is 10.9. The fourth-order valence-electron chi connectivity index (χ4n) is 16.2. The molecule has 0 bridgehead atoms. The molecule has 1 saturated carbocycles. The minimum atomic E-state index is -4.00. The molecule has 11 aromatic rings. The van der Waals surface area contributed by atoms with E-state index in [1.165, 1.54) is 62.0 Å². The number of aryl methyl sites for hydroxylation is 5. The summed E-state index contributed by atoms with van der Waals surface area (Å²) in [4.78, 5) is 106. The lowest BCUT2D eigenvalue weighted by atomic mass is 9.96. The van der Waals surface area contributed by atoms with Crippen molar-refractivity contribution in [2.45, 2.75) is 166 Å². The Hall–Kier alpha value is -13.1. The number of nitrogens with one attached hydrogen (secondary N) is 10. The lowest BCUT2D eigenvalue weighted by Crippen LogP contribution is -2.45. The van der Waals surface area contributed by atoms with E-state index in [9.17, 15) is 72.0 Å². The molecular formula is C100H108N12O17S5. The maximum Gasteiger partial charge on any atom is 0.244 e. The number of aromatic nitrogens is 1. The minimum absolute atomic E-state index is 0.0448. The van der Waals surface area contributed by atoms with Gasteiger partial charge in [0.15, 0.2) is 24.8 Å². The Balaban J connectivity index is 0.000000152. The number of rotatable bonds is 30. The third-order valence-corrected chi connectivity index (χ3v) is 30.7. The number of hydrogen-bond donors (Lipinski definition) is 10. The van der Waals surface area contributed by atoms with E-state index in [4.69, 9.17) is 4.74 Å². The van der Waals surface area contributed by atoms with E-state index in [1.54, 1.807) is 151 Å². The van der Waals surface area contributed by atoms with Crippen LogP contribution in [0.3, 0.4) is 0 Å². The van der Waals surface area contributed by atoms with Crippen LogP contribution in [0.4, 0.5) is 39.3 Å². The third kappa shape index (κ3) is 27.3. The van der Waals surface area contributed by atoms with E-state index >= 15 is 0 Å². The summed E-state index contributed by atoms with van der Waals surface area (Å²) < 4.78 is 117. The molecule has 8 amide bonds. The number of carbonyl (C=O) groups excluding carboxylic acids is 8. The highest BCUT2D eigenvalue weighted by molar-refractivity contribution is 7.92. The molecule has 29 nitrogen and oxygen atoms in total. The Morgan fingerprint density at radius 2 is 0.881 bits per heavy atom. The van der Waals surface area contributed by atoms with Gasteiger partial charge in [0.25, 0.3) is 0 Å². The highest BCUT2D eigenvalue weighted by atomic mass is 32.2. The van der Waals surface area contributed by atoms with E-state index in [2.05, 4.69) is 68.8 Å². The Morgan fingerprint density at radius 1 is 0.455 bits per heavy atom. The molecule has 34 heteroatoms. The number of methoxy groups -OCH3 is 1. The molecule has 16 rings (SSSR count). The van der Waals surface area contributed by atoms with Crippen LogP contribution in [0, 0.1) is 6.92 Å². The van der Waals surface area contributed by atoms with E-state index in [1.807, 2.05) is 85.8 Å². The number of thiazole rings is 1. The van der Waals surface area contributed by atoms with Crippen LogP contribution in [-0.4, -0.2) is 136 Å². The van der Waals surface area contributed by atoms with Crippen molar-refractivity contribution in [1.82, 2.24) is 25.1 Å². The number of para-hydroxylation sites is 1. The molecule has 700 valence electrons. The van der Waals surface area contributed by atoms with Gasteiger partial charge in [-0.2, -0.15) is 9.44 Å². The van der Waals surface area contributed by atoms with Gasteiger partial charge in [-0.3, -0.25) is 38.4 Å². The van der Waals surface area contributed by atoms with Crippen LogP contribution in [0.1, 0.15) is 146 Å². The van der Waals surface area contributed by atoms with Gasteiger partial charge in [0.1, 0.15) is 17.8 Å². The zero-order valence-corrected chi connectivity index (χ0v) is 78.4. The zero-order chi connectivity index (χ0) is 94.9. The molecular weight excluding hydrogens is 1800 g/mol. The Morgan fingerprint density at radius 3 is 1.34 bits per heavy atom. The maximum atomic E-state index is 13.4. The smallest absolute Gasteiger partial charge is 0.244 e. The van der Waals surface area contributed by atoms with Gasteiger partial charge in [-0.25, -0.2) is 38.7 Å². The second-order valence-corrected chi connectivity index (χ2v) is 41.4. The summed E-state index contributed by atoms with van der Waals surface area (Å²) in [5, 5.41) is 24.8. The van der Waals surface area contributed by atoms with Crippen molar-refractivity contribution in [3.63, 3.8) is 0 Å². The highest BCUT2D eigenvalue weighted by Crippen LogP contribution is 2.35. The number of fused-ring (bicyclic) bond motifs is 4. The number of hydrogen-bond acceptors (Lipinski definition) is 20. The van der Waals surface area contributed by atoms with Gasteiger partial charge in [-0.15, -0.1) is 11.3 Å². The number of amides is 8. The number of nitrogens with zero attached hydrogens (tertiary/aromatic N) is 2. The van der Waals surface area contributed by atoms with Crippen molar-refractivity contribution in [1.29, 1.82) is 0 Å². The second-order valence-electron chi connectivity index (χ2n) is 33.0. The summed E-state index contributed by atoms with van der Waals surface area (Å²) in [6, 6.07) is 69.4. The second kappa shape index (κ2) is 46.0. The van der Waals surface area contributed by atoms with Gasteiger partial charge in [0.2, 0.25) is 67.3 Å². The lowest BCUT2D eigenvalue weighted by Gasteiger charge is -2.25. The average Bonchev–Trinajstić information content (AvgIpc) is 1.32. The van der Waals surface area contributed by atoms with Gasteiger partial charge in [0.05, 0.1) is 55.7 Å². The van der Waals surface area contributed by atoms with Crippen molar-refractivity contribution < 1.29 is 76.8 Å². The molecule has 0 radical (unpaired) electrons. The number of likely N-dealkylation sites (N-methyl/N-ethyl adjacent to an activating group) is 1. The van der Waals surface area contributed by atoms with Gasteiger partial charge in [0, 0.05) is 96.9 Å². The molecule has 5 heterocycles. The lowest BCUT2D eigenvalue weighted by molar-refractivity contribution is -0.124. The normalized spacial score (nSPS) is 15.1. The van der Waals surface area contributed by atoms with Crippen LogP contribution in [0.25, 0.3) is 0 Å². The van der Waals surface area contributed by atoms with Crippen LogP contribution in [0.2, 0.25) is 0 Å². The molecule has 5 aliphatic rings. The molecule has 10 N–H and O–H groups in total. The maximum absolute atomic E-state index is 13.4. The predicted molar refractivity (Wildman–Crippen MR) is 518 cm³/mol. The van der Waals surface area contributed by atoms with Crippen molar-refractivity contribution in [2.24, 2.45) is 0 Å². The number of benzene rings is 10. The summed E-state index contributed by atoms with van der Waals surface area (Å²) in [5.41, 5.74) is 10.6. The summed E-state index contributed by atoms with van der Waals surface area (Å²) in [5.74, 6) is -3.82. The Kier molecular flexibility index (Phi) is 33.8. The first kappa shape index (κ1) is 98.4. The van der Waals surface area contributed by atoms with E-state index in [0.717, 1.165) is 71.4 Å². The van der Waals surface area contributed by atoms with Gasteiger partial charge < -0.3 is 52.2 Å².